The van der Waals surface area contributed by atoms with Gasteiger partial charge in [0, 0.05) is 12.0 Å². The minimum Gasteiger partial charge on any atom is -0.862 e. The summed E-state index contributed by atoms with van der Waals surface area (Å²) < 4.78 is 0.913. The molecule has 0 aliphatic heterocycles. The Morgan fingerprint density at radius 1 is 0.618 bits per heavy atom. The molecule has 0 saturated carbocycles. The summed E-state index contributed by atoms with van der Waals surface area (Å²) in [6.45, 7) is 8.40. The normalized spacial score (nSPS) is 12.7. The van der Waals surface area contributed by atoms with E-state index in [1.54, 1.807) is 0 Å². The second-order valence-electron chi connectivity index (χ2n) is 12.4. The van der Waals surface area contributed by atoms with Gasteiger partial charge in [0.25, 0.3) is 0 Å². The minimum atomic E-state index is 0. The Balaban J connectivity index is 0. The second kappa shape index (κ2) is 23.6. The highest BCUT2D eigenvalue weighted by Crippen LogP contribution is 2.19. The third-order valence-corrected chi connectivity index (χ3v) is 6.58. The minimum absolute atomic E-state index is 0. The van der Waals surface area contributed by atoms with Gasteiger partial charge in [-0.05, 0) is 18.7 Å². The molecule has 0 bridgehead atoms. The lowest BCUT2D eigenvalue weighted by atomic mass is 9.92. The molecule has 0 amide bonds. The van der Waals surface area contributed by atoms with Crippen molar-refractivity contribution in [1.29, 1.82) is 0 Å². The van der Waals surface area contributed by atoms with E-state index in [1.807, 2.05) is 0 Å². The SMILES string of the molecule is CCCCCCCCCCCCCCCCCCCCCC([O-])=NCC(C)(C)C[N+](C)(C)C.I. The van der Waals surface area contributed by atoms with Crippen LogP contribution in [0, 0.1) is 5.41 Å². The Labute approximate surface area is 232 Å². The summed E-state index contributed by atoms with van der Waals surface area (Å²) in [6, 6.07) is 0. The molecule has 0 aliphatic carbocycles. The smallest absolute Gasteiger partial charge is 0.0850 e. The second-order valence-corrected chi connectivity index (χ2v) is 12.4. The predicted molar refractivity (Wildman–Crippen MR) is 162 cm³/mol. The molecular weight excluding hydrogens is 531 g/mol. The highest BCUT2D eigenvalue weighted by molar-refractivity contribution is 14.0. The molecule has 3 nitrogen and oxygen atoms in total. The van der Waals surface area contributed by atoms with Crippen molar-refractivity contribution in [2.45, 2.75) is 149 Å². The summed E-state index contributed by atoms with van der Waals surface area (Å²) in [6.07, 6.45) is 26.9. The van der Waals surface area contributed by atoms with Crippen molar-refractivity contribution in [2.24, 2.45) is 10.4 Å². The van der Waals surface area contributed by atoms with Gasteiger partial charge in [0.05, 0.1) is 27.7 Å². The van der Waals surface area contributed by atoms with Crippen LogP contribution < -0.4 is 5.11 Å². The van der Waals surface area contributed by atoms with E-state index in [9.17, 15) is 5.11 Å². The first kappa shape index (κ1) is 36.3. The lowest BCUT2D eigenvalue weighted by molar-refractivity contribution is -0.876. The molecule has 34 heavy (non-hydrogen) atoms. The third-order valence-electron chi connectivity index (χ3n) is 6.58. The summed E-state index contributed by atoms with van der Waals surface area (Å²) in [5.41, 5.74) is 0.0848. The van der Waals surface area contributed by atoms with Gasteiger partial charge in [-0.25, -0.2) is 0 Å². The van der Waals surface area contributed by atoms with Crippen molar-refractivity contribution in [3.05, 3.63) is 0 Å². The van der Waals surface area contributed by atoms with Crippen LogP contribution in [-0.2, 0) is 0 Å². The maximum absolute atomic E-state index is 12.1. The van der Waals surface area contributed by atoms with Crippen LogP contribution in [0.4, 0.5) is 0 Å². The number of hydrogen-bond acceptors (Lipinski definition) is 2. The van der Waals surface area contributed by atoms with E-state index >= 15 is 0 Å². The van der Waals surface area contributed by atoms with Gasteiger partial charge in [-0.3, -0.25) is 0 Å². The van der Waals surface area contributed by atoms with Gasteiger partial charge in [0.15, 0.2) is 0 Å². The monoisotopic (exact) mass is 594 g/mol. The fraction of sp³-hybridized carbons (Fsp3) is 0.967. The summed E-state index contributed by atoms with van der Waals surface area (Å²) in [4.78, 5) is 4.35. The van der Waals surface area contributed by atoms with Crippen molar-refractivity contribution in [1.82, 2.24) is 0 Å². The van der Waals surface area contributed by atoms with Gasteiger partial charge in [-0.2, -0.15) is 0 Å². The van der Waals surface area contributed by atoms with E-state index < -0.39 is 0 Å². The Kier molecular flexibility index (Phi) is 25.2. The molecule has 0 aromatic carbocycles. The summed E-state index contributed by atoms with van der Waals surface area (Å²) in [5, 5.41) is 12.1. The van der Waals surface area contributed by atoms with Crippen molar-refractivity contribution in [3.8, 4) is 0 Å². The third kappa shape index (κ3) is 28.4. The average molecular weight is 595 g/mol. The van der Waals surface area contributed by atoms with E-state index in [0.29, 0.717) is 13.0 Å². The number of hydrogen-bond donors (Lipinski definition) is 0. The van der Waals surface area contributed by atoms with Crippen molar-refractivity contribution in [3.63, 3.8) is 0 Å². The van der Waals surface area contributed by atoms with Crippen LogP contribution in [0.15, 0.2) is 4.99 Å². The lowest BCUT2D eigenvalue weighted by Crippen LogP contribution is -2.44. The first-order valence-corrected chi connectivity index (χ1v) is 14.7. The van der Waals surface area contributed by atoms with Crippen molar-refractivity contribution >= 4 is 29.9 Å². The number of aliphatic imine (C=N–C) groups is 1. The molecule has 0 aromatic heterocycles. The van der Waals surface area contributed by atoms with Crippen molar-refractivity contribution in [2.75, 3.05) is 34.2 Å². The van der Waals surface area contributed by atoms with E-state index in [1.165, 1.54) is 116 Å². The van der Waals surface area contributed by atoms with E-state index in [0.717, 1.165) is 17.4 Å². The van der Waals surface area contributed by atoms with Crippen LogP contribution >= 0.6 is 24.0 Å². The zero-order valence-corrected chi connectivity index (χ0v) is 26.6. The molecule has 0 fully saturated rings. The molecule has 0 heterocycles. The summed E-state index contributed by atoms with van der Waals surface area (Å²) in [7, 11) is 6.59. The Hall–Kier alpha value is 0.160. The lowest BCUT2D eigenvalue weighted by Gasteiger charge is -2.33. The van der Waals surface area contributed by atoms with E-state index in [2.05, 4.69) is 46.9 Å². The topological polar surface area (TPSA) is 35.4 Å². The van der Waals surface area contributed by atoms with Gasteiger partial charge >= 0.3 is 0 Å². The van der Waals surface area contributed by atoms with Gasteiger partial charge in [-0.15, -0.1) is 24.0 Å². The standard InChI is InChI=1S/C30H62N2O.HI/c1-7-8-9-10-11-12-13-14-15-16-17-18-19-20-21-22-23-24-25-26-29(33)31-27-30(2,3)28-32(4,5)6;/h7-28H2,1-6H3;1H. The van der Waals surface area contributed by atoms with Crippen molar-refractivity contribution < 1.29 is 9.59 Å². The molecule has 0 radical (unpaired) electrons. The first-order valence-electron chi connectivity index (χ1n) is 14.7. The maximum atomic E-state index is 12.1. The number of nitrogens with zero attached hydrogens (tertiary/aromatic N) is 2. The Morgan fingerprint density at radius 3 is 1.26 bits per heavy atom. The molecule has 0 unspecified atom stereocenters. The van der Waals surface area contributed by atoms with Crippen LogP contribution in [0.5, 0.6) is 0 Å². The Bertz CT molecular complexity index is 457. The Morgan fingerprint density at radius 2 is 0.941 bits per heavy atom. The van der Waals surface area contributed by atoms with Gasteiger partial charge < -0.3 is 14.6 Å². The van der Waals surface area contributed by atoms with Gasteiger partial charge in [-0.1, -0.05) is 136 Å². The highest BCUT2D eigenvalue weighted by Gasteiger charge is 2.25. The molecule has 0 N–H and O–H groups in total. The number of quaternary nitrogens is 1. The maximum Gasteiger partial charge on any atom is 0.0850 e. The van der Waals surface area contributed by atoms with Gasteiger partial charge in [0.2, 0.25) is 0 Å². The molecule has 0 rings (SSSR count). The quantitative estimate of drug-likeness (QED) is 0.0361. The highest BCUT2D eigenvalue weighted by atomic mass is 127. The fourth-order valence-corrected chi connectivity index (χ4v) is 5.07. The molecule has 0 atom stereocenters. The molecule has 0 aliphatic rings. The molecule has 0 spiro atoms. The first-order chi connectivity index (χ1) is 15.7. The van der Waals surface area contributed by atoms with Crippen LogP contribution in [0.3, 0.4) is 0 Å². The molecule has 4 heteroatoms. The summed E-state index contributed by atoms with van der Waals surface area (Å²) in [5.74, 6) is 0.108. The van der Waals surface area contributed by atoms with E-state index in [4.69, 9.17) is 0 Å². The zero-order valence-electron chi connectivity index (χ0n) is 24.3. The fourth-order valence-electron chi connectivity index (χ4n) is 5.07. The molecule has 0 aromatic rings. The molecule has 206 valence electrons. The largest absolute Gasteiger partial charge is 0.862 e. The zero-order chi connectivity index (χ0) is 24.8. The van der Waals surface area contributed by atoms with Crippen LogP contribution in [0.2, 0.25) is 0 Å². The average Bonchev–Trinajstić information content (AvgIpc) is 2.72. The number of rotatable bonds is 24. The van der Waals surface area contributed by atoms with Crippen LogP contribution in [0.1, 0.15) is 149 Å². The number of unbranched alkanes of at least 4 members (excludes halogenated alkanes) is 18. The van der Waals surface area contributed by atoms with Gasteiger partial charge in [0.1, 0.15) is 0 Å². The van der Waals surface area contributed by atoms with E-state index in [-0.39, 0.29) is 35.3 Å². The van der Waals surface area contributed by atoms with Crippen LogP contribution in [0.25, 0.3) is 0 Å². The predicted octanol–water partition coefficient (Wildman–Crippen LogP) is 8.92. The molecular formula is C30H63IN2O. The van der Waals surface area contributed by atoms with Crippen LogP contribution in [-0.4, -0.2) is 44.6 Å². The molecule has 0 saturated heterocycles. The number of halogens is 1. The summed E-state index contributed by atoms with van der Waals surface area (Å²) >= 11 is 0.